The lowest BCUT2D eigenvalue weighted by Crippen LogP contribution is -2.68. The van der Waals surface area contributed by atoms with Crippen molar-refractivity contribution in [2.75, 3.05) is 13.7 Å². The molecule has 6 nitrogen and oxygen atoms in total. The molecule has 0 aromatic rings. The zero-order valence-corrected chi connectivity index (χ0v) is 9.63. The molecule has 1 unspecified atom stereocenters. The molecule has 1 rings (SSSR count). The quantitative estimate of drug-likeness (QED) is 0.393. The predicted octanol–water partition coefficient (Wildman–Crippen LogP) is -1.82. The van der Waals surface area contributed by atoms with Crippen LogP contribution in [-0.4, -0.2) is 64.2 Å². The molecule has 0 amide bonds. The van der Waals surface area contributed by atoms with Crippen molar-refractivity contribution >= 4 is 0 Å². The highest BCUT2D eigenvalue weighted by Crippen LogP contribution is 2.31. The molecule has 1 heterocycles. The Kier molecular flexibility index (Phi) is 4.66. The van der Waals surface area contributed by atoms with Crippen molar-refractivity contribution in [2.45, 2.75) is 49.9 Å². The molecule has 96 valence electrons. The molecular weight excluding hydrogens is 214 g/mol. The fourth-order valence-electron chi connectivity index (χ4n) is 2.20. The van der Waals surface area contributed by atoms with E-state index in [9.17, 15) is 15.3 Å². The third kappa shape index (κ3) is 2.37. The van der Waals surface area contributed by atoms with E-state index in [0.29, 0.717) is 12.8 Å². The number of hydrogen-bond donors (Lipinski definition) is 5. The average Bonchev–Trinajstić information content (AvgIpc) is 2.24. The van der Waals surface area contributed by atoms with Crippen molar-refractivity contribution in [3.05, 3.63) is 0 Å². The first-order valence-corrected chi connectivity index (χ1v) is 5.54. The molecule has 0 aromatic heterocycles. The lowest BCUT2D eigenvalue weighted by molar-refractivity contribution is -0.321. The molecule has 16 heavy (non-hydrogen) atoms. The Bertz CT molecular complexity index is 227. The molecule has 1 aliphatic rings. The Labute approximate surface area is 94.9 Å². The summed E-state index contributed by atoms with van der Waals surface area (Å²) in [5.41, 5.74) is 0. The summed E-state index contributed by atoms with van der Waals surface area (Å²) in [4.78, 5) is 0. The van der Waals surface area contributed by atoms with Gasteiger partial charge in [-0.1, -0.05) is 13.3 Å². The van der Waals surface area contributed by atoms with E-state index in [4.69, 9.17) is 9.84 Å². The van der Waals surface area contributed by atoms with Crippen LogP contribution in [0.15, 0.2) is 0 Å². The molecular formula is C10H21NO5. The minimum atomic E-state index is -1.56. The maximum absolute atomic E-state index is 10.3. The van der Waals surface area contributed by atoms with Gasteiger partial charge in [-0.3, -0.25) is 0 Å². The fraction of sp³-hybridized carbons (Fsp3) is 1.00. The molecule has 1 fully saturated rings. The predicted molar refractivity (Wildman–Crippen MR) is 56.7 cm³/mol. The van der Waals surface area contributed by atoms with E-state index in [1.165, 1.54) is 0 Å². The van der Waals surface area contributed by atoms with Crippen molar-refractivity contribution in [1.82, 2.24) is 5.32 Å². The third-order valence-corrected chi connectivity index (χ3v) is 3.01. The first kappa shape index (κ1) is 13.8. The van der Waals surface area contributed by atoms with Crippen molar-refractivity contribution in [1.29, 1.82) is 0 Å². The van der Waals surface area contributed by atoms with Gasteiger partial charge in [-0.05, 0) is 7.05 Å². The molecule has 6 heteroatoms. The number of rotatable bonds is 4. The van der Waals surface area contributed by atoms with E-state index in [1.54, 1.807) is 7.05 Å². The molecule has 0 saturated carbocycles. The third-order valence-electron chi connectivity index (χ3n) is 3.01. The summed E-state index contributed by atoms with van der Waals surface area (Å²) in [6.07, 6.45) is -2.36. The van der Waals surface area contributed by atoms with Gasteiger partial charge in [0, 0.05) is 6.42 Å². The molecule has 0 aromatic carbocycles. The number of aliphatic hydroxyl groups excluding tert-OH is 3. The average molecular weight is 235 g/mol. The highest BCUT2D eigenvalue weighted by Gasteiger charge is 2.51. The van der Waals surface area contributed by atoms with Crippen LogP contribution < -0.4 is 5.32 Å². The molecule has 1 aliphatic heterocycles. The van der Waals surface area contributed by atoms with Crippen LogP contribution in [0.2, 0.25) is 0 Å². The molecule has 0 radical (unpaired) electrons. The normalized spacial score (nSPS) is 44.6. The summed E-state index contributed by atoms with van der Waals surface area (Å²) in [7, 11) is 1.57. The second-order valence-electron chi connectivity index (χ2n) is 4.18. The second kappa shape index (κ2) is 5.39. The van der Waals surface area contributed by atoms with E-state index in [2.05, 4.69) is 5.32 Å². The van der Waals surface area contributed by atoms with Crippen LogP contribution >= 0.6 is 0 Å². The first-order valence-electron chi connectivity index (χ1n) is 5.54. The number of hydrogen-bond acceptors (Lipinski definition) is 6. The van der Waals surface area contributed by atoms with Gasteiger partial charge in [-0.25, -0.2) is 0 Å². The largest absolute Gasteiger partial charge is 0.394 e. The van der Waals surface area contributed by atoms with E-state index >= 15 is 0 Å². The van der Waals surface area contributed by atoms with Gasteiger partial charge in [0.25, 0.3) is 0 Å². The Balaban J connectivity index is 2.89. The van der Waals surface area contributed by atoms with Gasteiger partial charge < -0.3 is 30.5 Å². The van der Waals surface area contributed by atoms with Crippen molar-refractivity contribution < 1.29 is 25.2 Å². The van der Waals surface area contributed by atoms with Gasteiger partial charge in [0.15, 0.2) is 5.79 Å². The topological polar surface area (TPSA) is 102 Å². The van der Waals surface area contributed by atoms with Gasteiger partial charge >= 0.3 is 0 Å². The standard InChI is InChI=1S/C10H21NO5/c1-3-4-10(15)9(11-2)8(14)7(13)6(5-12)16-10/h6-9,11-15H,3-5H2,1-2H3/t6-,7-,8+,9-,10?/m1/s1. The molecule has 1 saturated heterocycles. The van der Waals surface area contributed by atoms with Crippen molar-refractivity contribution in [2.24, 2.45) is 0 Å². The van der Waals surface area contributed by atoms with Gasteiger partial charge in [0.1, 0.15) is 18.3 Å². The van der Waals surface area contributed by atoms with E-state index in [-0.39, 0.29) is 0 Å². The first-order chi connectivity index (χ1) is 7.50. The SMILES string of the molecule is CCCC1(O)O[C@H](CO)[C@@H](O)[C@H](O)[C@H]1NC. The van der Waals surface area contributed by atoms with Crippen molar-refractivity contribution in [3.63, 3.8) is 0 Å². The van der Waals surface area contributed by atoms with Crippen molar-refractivity contribution in [3.8, 4) is 0 Å². The Hall–Kier alpha value is -0.240. The zero-order chi connectivity index (χ0) is 12.3. The Morgan fingerprint density at radius 1 is 1.31 bits per heavy atom. The number of likely N-dealkylation sites (N-methyl/N-ethyl adjacent to an activating group) is 1. The molecule has 0 aliphatic carbocycles. The lowest BCUT2D eigenvalue weighted by atomic mass is 9.88. The van der Waals surface area contributed by atoms with Crippen LogP contribution in [-0.2, 0) is 4.74 Å². The summed E-state index contributed by atoms with van der Waals surface area (Å²) < 4.78 is 5.28. The maximum Gasteiger partial charge on any atom is 0.184 e. The van der Waals surface area contributed by atoms with E-state index < -0.39 is 36.7 Å². The number of aliphatic hydroxyl groups is 4. The smallest absolute Gasteiger partial charge is 0.184 e. The minimum Gasteiger partial charge on any atom is -0.394 e. The van der Waals surface area contributed by atoms with E-state index in [0.717, 1.165) is 0 Å². The van der Waals surface area contributed by atoms with Crippen LogP contribution in [0.4, 0.5) is 0 Å². The summed E-state index contributed by atoms with van der Waals surface area (Å²) in [6.45, 7) is 1.43. The fourth-order valence-corrected chi connectivity index (χ4v) is 2.20. The molecule has 5 N–H and O–H groups in total. The lowest BCUT2D eigenvalue weighted by Gasteiger charge is -2.47. The summed E-state index contributed by atoms with van der Waals surface area (Å²) in [5, 5.41) is 41.5. The molecule has 0 spiro atoms. The van der Waals surface area contributed by atoms with Gasteiger partial charge in [-0.15, -0.1) is 0 Å². The Morgan fingerprint density at radius 2 is 1.94 bits per heavy atom. The van der Waals surface area contributed by atoms with Gasteiger partial charge in [0.2, 0.25) is 0 Å². The van der Waals surface area contributed by atoms with Crippen LogP contribution in [0.3, 0.4) is 0 Å². The Morgan fingerprint density at radius 3 is 2.38 bits per heavy atom. The van der Waals surface area contributed by atoms with Crippen LogP contribution in [0, 0.1) is 0 Å². The van der Waals surface area contributed by atoms with Gasteiger partial charge in [-0.2, -0.15) is 0 Å². The minimum absolute atomic E-state index is 0.318. The summed E-state index contributed by atoms with van der Waals surface area (Å²) >= 11 is 0. The maximum atomic E-state index is 10.3. The highest BCUT2D eigenvalue weighted by molar-refractivity contribution is 4.99. The van der Waals surface area contributed by atoms with Crippen LogP contribution in [0.1, 0.15) is 19.8 Å². The second-order valence-corrected chi connectivity index (χ2v) is 4.18. The molecule has 0 bridgehead atoms. The van der Waals surface area contributed by atoms with Crippen LogP contribution in [0.5, 0.6) is 0 Å². The van der Waals surface area contributed by atoms with Crippen LogP contribution in [0.25, 0.3) is 0 Å². The number of nitrogens with one attached hydrogen (secondary N) is 1. The van der Waals surface area contributed by atoms with E-state index in [1.807, 2.05) is 6.92 Å². The summed E-state index contributed by atoms with van der Waals surface area (Å²) in [5.74, 6) is -1.56. The number of ether oxygens (including phenoxy) is 1. The summed E-state index contributed by atoms with van der Waals surface area (Å²) in [6, 6.07) is -0.773. The highest BCUT2D eigenvalue weighted by atomic mass is 16.6. The monoisotopic (exact) mass is 235 g/mol. The van der Waals surface area contributed by atoms with Gasteiger partial charge in [0.05, 0.1) is 12.6 Å². The molecule has 5 atom stereocenters. The zero-order valence-electron chi connectivity index (χ0n) is 9.63.